The Hall–Kier alpha value is -1.02. The van der Waals surface area contributed by atoms with Crippen molar-refractivity contribution < 1.29 is 0 Å². The molecule has 0 heterocycles. The van der Waals surface area contributed by atoms with Gasteiger partial charge < -0.3 is 10.2 Å². The van der Waals surface area contributed by atoms with Crippen molar-refractivity contribution in [3.8, 4) is 0 Å². The Balaban J connectivity index is 1.72. The lowest BCUT2D eigenvalue weighted by atomic mass is 9.95. The van der Waals surface area contributed by atoms with Crippen molar-refractivity contribution in [3.63, 3.8) is 0 Å². The molecular weight excluding hydrogens is 232 g/mol. The molecule has 1 saturated carbocycles. The van der Waals surface area contributed by atoms with Crippen LogP contribution in [0.25, 0.3) is 0 Å². The van der Waals surface area contributed by atoms with E-state index in [1.807, 2.05) is 0 Å². The largest absolute Gasteiger partial charge is 0.373 e. The van der Waals surface area contributed by atoms with Crippen LogP contribution in [-0.2, 0) is 6.42 Å². The van der Waals surface area contributed by atoms with Crippen LogP contribution in [0.5, 0.6) is 0 Å². The number of hydrogen-bond acceptors (Lipinski definition) is 2. The molecule has 0 amide bonds. The molecule has 19 heavy (non-hydrogen) atoms. The SMILES string of the molecule is CCc1ccc(N(C)CCNC2CCCCC2)cc1. The minimum atomic E-state index is 0.768. The number of anilines is 1. The Morgan fingerprint density at radius 2 is 1.79 bits per heavy atom. The van der Waals surface area contributed by atoms with E-state index in [1.165, 1.54) is 43.4 Å². The number of likely N-dealkylation sites (N-methyl/N-ethyl adjacent to an activating group) is 1. The number of rotatable bonds is 6. The molecule has 0 spiro atoms. The molecule has 0 aromatic heterocycles. The molecule has 1 fully saturated rings. The minimum Gasteiger partial charge on any atom is -0.373 e. The van der Waals surface area contributed by atoms with E-state index in [0.29, 0.717) is 0 Å². The summed E-state index contributed by atoms with van der Waals surface area (Å²) in [5.74, 6) is 0. The Kier molecular flexibility index (Phi) is 5.71. The quantitative estimate of drug-likeness (QED) is 0.840. The van der Waals surface area contributed by atoms with Gasteiger partial charge in [-0.15, -0.1) is 0 Å². The zero-order chi connectivity index (χ0) is 13.5. The Bertz CT molecular complexity index is 352. The van der Waals surface area contributed by atoms with Gasteiger partial charge in [-0.2, -0.15) is 0 Å². The molecule has 0 bridgehead atoms. The third-order valence-corrected chi connectivity index (χ3v) is 4.27. The molecule has 1 aromatic carbocycles. The average molecular weight is 260 g/mol. The second kappa shape index (κ2) is 7.54. The van der Waals surface area contributed by atoms with Crippen LogP contribution in [0.15, 0.2) is 24.3 Å². The van der Waals surface area contributed by atoms with Crippen LogP contribution in [0, 0.1) is 0 Å². The van der Waals surface area contributed by atoms with Gasteiger partial charge >= 0.3 is 0 Å². The second-order valence-electron chi connectivity index (χ2n) is 5.73. The minimum absolute atomic E-state index is 0.768. The van der Waals surface area contributed by atoms with Crippen LogP contribution < -0.4 is 10.2 Å². The smallest absolute Gasteiger partial charge is 0.0364 e. The topological polar surface area (TPSA) is 15.3 Å². The van der Waals surface area contributed by atoms with Gasteiger partial charge in [0.15, 0.2) is 0 Å². The molecule has 1 aliphatic rings. The van der Waals surface area contributed by atoms with E-state index < -0.39 is 0 Å². The first-order valence-electron chi connectivity index (χ1n) is 7.83. The van der Waals surface area contributed by atoms with E-state index in [9.17, 15) is 0 Å². The molecule has 1 aliphatic carbocycles. The summed E-state index contributed by atoms with van der Waals surface area (Å²) in [6.07, 6.45) is 8.11. The van der Waals surface area contributed by atoms with E-state index in [4.69, 9.17) is 0 Å². The molecule has 0 atom stereocenters. The van der Waals surface area contributed by atoms with Crippen LogP contribution in [0.3, 0.4) is 0 Å². The molecule has 2 heteroatoms. The predicted octanol–water partition coefficient (Wildman–Crippen LogP) is 3.61. The zero-order valence-electron chi connectivity index (χ0n) is 12.5. The lowest BCUT2D eigenvalue weighted by Crippen LogP contribution is -2.36. The molecule has 106 valence electrons. The summed E-state index contributed by atoms with van der Waals surface area (Å²) < 4.78 is 0. The van der Waals surface area contributed by atoms with Crippen molar-refractivity contribution in [2.45, 2.75) is 51.5 Å². The van der Waals surface area contributed by atoms with Crippen LogP contribution in [0.4, 0.5) is 5.69 Å². The van der Waals surface area contributed by atoms with Gasteiger partial charge in [-0.25, -0.2) is 0 Å². The van der Waals surface area contributed by atoms with Crippen LogP contribution in [-0.4, -0.2) is 26.2 Å². The second-order valence-corrected chi connectivity index (χ2v) is 5.73. The Morgan fingerprint density at radius 3 is 2.42 bits per heavy atom. The maximum atomic E-state index is 3.70. The highest BCUT2D eigenvalue weighted by Crippen LogP contribution is 2.17. The first-order valence-corrected chi connectivity index (χ1v) is 7.83. The summed E-state index contributed by atoms with van der Waals surface area (Å²) in [5.41, 5.74) is 2.74. The van der Waals surface area contributed by atoms with Crippen LogP contribution >= 0.6 is 0 Å². The molecule has 0 aliphatic heterocycles. The summed E-state index contributed by atoms with van der Waals surface area (Å²) in [7, 11) is 2.18. The molecule has 0 saturated heterocycles. The first-order chi connectivity index (χ1) is 9.29. The molecule has 2 rings (SSSR count). The van der Waals surface area contributed by atoms with Gasteiger partial charge in [0.25, 0.3) is 0 Å². The average Bonchev–Trinajstić information content (AvgIpc) is 2.48. The normalized spacial score (nSPS) is 16.5. The van der Waals surface area contributed by atoms with Gasteiger partial charge in [0.2, 0.25) is 0 Å². The number of hydrogen-bond donors (Lipinski definition) is 1. The monoisotopic (exact) mass is 260 g/mol. The summed E-state index contributed by atoms with van der Waals surface area (Å²) in [5, 5.41) is 3.70. The summed E-state index contributed by atoms with van der Waals surface area (Å²) >= 11 is 0. The van der Waals surface area contributed by atoms with Gasteiger partial charge in [0.05, 0.1) is 0 Å². The van der Waals surface area contributed by atoms with E-state index in [2.05, 4.69) is 48.5 Å². The van der Waals surface area contributed by atoms with Gasteiger partial charge in [-0.05, 0) is 37.0 Å². The van der Waals surface area contributed by atoms with Crippen molar-refractivity contribution in [2.75, 3.05) is 25.0 Å². The van der Waals surface area contributed by atoms with E-state index >= 15 is 0 Å². The molecule has 1 N–H and O–H groups in total. The highest BCUT2D eigenvalue weighted by atomic mass is 15.1. The zero-order valence-corrected chi connectivity index (χ0v) is 12.5. The molecule has 1 aromatic rings. The fraction of sp³-hybridized carbons (Fsp3) is 0.647. The van der Waals surface area contributed by atoms with E-state index in [1.54, 1.807) is 0 Å². The van der Waals surface area contributed by atoms with E-state index in [-0.39, 0.29) is 0 Å². The molecular formula is C17H28N2. The molecule has 2 nitrogen and oxygen atoms in total. The lowest BCUT2D eigenvalue weighted by Gasteiger charge is -2.25. The van der Waals surface area contributed by atoms with Crippen LogP contribution in [0.1, 0.15) is 44.6 Å². The van der Waals surface area contributed by atoms with Crippen molar-refractivity contribution in [1.29, 1.82) is 0 Å². The van der Waals surface area contributed by atoms with Gasteiger partial charge in [-0.1, -0.05) is 38.3 Å². The highest BCUT2D eigenvalue weighted by molar-refractivity contribution is 5.46. The predicted molar refractivity (Wildman–Crippen MR) is 84.0 cm³/mol. The fourth-order valence-electron chi connectivity index (χ4n) is 2.86. The maximum Gasteiger partial charge on any atom is 0.0364 e. The third-order valence-electron chi connectivity index (χ3n) is 4.27. The molecule has 0 radical (unpaired) electrons. The van der Waals surface area contributed by atoms with Crippen molar-refractivity contribution in [2.24, 2.45) is 0 Å². The van der Waals surface area contributed by atoms with Gasteiger partial charge in [-0.3, -0.25) is 0 Å². The first kappa shape index (κ1) is 14.4. The number of nitrogens with one attached hydrogen (secondary N) is 1. The summed E-state index contributed by atoms with van der Waals surface area (Å²) in [6, 6.07) is 9.71. The number of benzene rings is 1. The molecule has 0 unspecified atom stereocenters. The Morgan fingerprint density at radius 1 is 1.11 bits per heavy atom. The fourth-order valence-corrected chi connectivity index (χ4v) is 2.86. The summed E-state index contributed by atoms with van der Waals surface area (Å²) in [4.78, 5) is 2.34. The van der Waals surface area contributed by atoms with Gasteiger partial charge in [0, 0.05) is 31.9 Å². The van der Waals surface area contributed by atoms with Crippen molar-refractivity contribution >= 4 is 5.69 Å². The highest BCUT2D eigenvalue weighted by Gasteiger charge is 2.12. The van der Waals surface area contributed by atoms with Crippen LogP contribution in [0.2, 0.25) is 0 Å². The Labute approximate surface area is 118 Å². The van der Waals surface area contributed by atoms with Crippen molar-refractivity contribution in [1.82, 2.24) is 5.32 Å². The number of aryl methyl sites for hydroxylation is 1. The maximum absolute atomic E-state index is 3.70. The lowest BCUT2D eigenvalue weighted by molar-refractivity contribution is 0.376. The number of nitrogens with zero attached hydrogens (tertiary/aromatic N) is 1. The van der Waals surface area contributed by atoms with Gasteiger partial charge in [0.1, 0.15) is 0 Å². The summed E-state index contributed by atoms with van der Waals surface area (Å²) in [6.45, 7) is 4.38. The van der Waals surface area contributed by atoms with Crippen molar-refractivity contribution in [3.05, 3.63) is 29.8 Å². The third kappa shape index (κ3) is 4.54. The van der Waals surface area contributed by atoms with E-state index in [0.717, 1.165) is 25.6 Å². The standard InChI is InChI=1S/C17H28N2/c1-3-15-9-11-17(12-10-15)19(2)14-13-18-16-7-5-4-6-8-16/h9-12,16,18H,3-8,13-14H2,1-2H3.